The molecule has 0 radical (unpaired) electrons. The second-order valence-electron chi connectivity index (χ2n) is 9.09. The van der Waals surface area contributed by atoms with Gasteiger partial charge in [0.25, 0.3) is 5.91 Å². The predicted molar refractivity (Wildman–Crippen MR) is 128 cm³/mol. The maximum atomic E-state index is 13.9. The zero-order valence-corrected chi connectivity index (χ0v) is 20.6. The first kappa shape index (κ1) is 24.6. The normalized spacial score (nSPS) is 20.2. The lowest BCUT2D eigenvalue weighted by Gasteiger charge is -2.44. The number of methoxy groups -OCH3 is 2. The van der Waals surface area contributed by atoms with Crippen molar-refractivity contribution in [3.8, 4) is 11.5 Å². The topological polar surface area (TPSA) is 112 Å². The van der Waals surface area contributed by atoms with E-state index in [1.807, 2.05) is 0 Å². The fraction of sp³-hybridized carbons (Fsp3) is 0.520. The van der Waals surface area contributed by atoms with Crippen molar-refractivity contribution in [2.45, 2.75) is 64.1 Å². The molecule has 2 aromatic rings. The van der Waals surface area contributed by atoms with Crippen molar-refractivity contribution in [2.24, 2.45) is 0 Å². The number of esters is 1. The Morgan fingerprint density at radius 1 is 1.09 bits per heavy atom. The first-order valence-corrected chi connectivity index (χ1v) is 11.9. The van der Waals surface area contributed by atoms with Crippen LogP contribution < -0.4 is 19.7 Å². The van der Waals surface area contributed by atoms with Gasteiger partial charge in [-0.1, -0.05) is 19.3 Å². The summed E-state index contributed by atoms with van der Waals surface area (Å²) in [4.78, 5) is 41.4. The third kappa shape index (κ3) is 4.69. The van der Waals surface area contributed by atoms with E-state index < -0.39 is 17.4 Å². The quantitative estimate of drug-likeness (QED) is 0.602. The molecule has 4 rings (SSSR count). The van der Waals surface area contributed by atoms with Gasteiger partial charge in [0.1, 0.15) is 22.7 Å². The van der Waals surface area contributed by atoms with Crippen molar-refractivity contribution < 1.29 is 28.6 Å². The second kappa shape index (κ2) is 9.97. The first-order valence-electron chi connectivity index (χ1n) is 11.9. The van der Waals surface area contributed by atoms with Gasteiger partial charge in [0.05, 0.1) is 33.1 Å². The minimum absolute atomic E-state index is 0.0234. The van der Waals surface area contributed by atoms with Gasteiger partial charge in [-0.15, -0.1) is 0 Å². The van der Waals surface area contributed by atoms with E-state index in [4.69, 9.17) is 14.2 Å². The van der Waals surface area contributed by atoms with Gasteiger partial charge in [-0.05, 0) is 26.7 Å². The van der Waals surface area contributed by atoms with Crippen molar-refractivity contribution >= 4 is 23.5 Å². The zero-order chi connectivity index (χ0) is 25.2. The molecule has 0 spiro atoms. The number of fused-ring (bicyclic) bond motifs is 1. The molecule has 1 N–H and O–H groups in total. The molecule has 0 bridgehead atoms. The van der Waals surface area contributed by atoms with Crippen LogP contribution in [0.3, 0.4) is 0 Å². The highest BCUT2D eigenvalue weighted by atomic mass is 16.5. The Labute approximate surface area is 204 Å². The third-order valence-electron chi connectivity index (χ3n) is 6.66. The molecule has 35 heavy (non-hydrogen) atoms. The standard InChI is InChI=1S/C25H32N4O6/c1-5-35-23(31)20-14-21-22(30)29(17-11-18(33-3)13-19(12-17)34-4)25(2,15-28(21)27-20)24(32)26-16-9-7-6-8-10-16/h11-14,16H,5-10,15H2,1-4H3,(H,26,32). The van der Waals surface area contributed by atoms with Crippen molar-refractivity contribution in [1.82, 2.24) is 15.1 Å². The molecule has 1 saturated carbocycles. The molecule has 1 aromatic heterocycles. The fourth-order valence-electron chi connectivity index (χ4n) is 4.80. The third-order valence-corrected chi connectivity index (χ3v) is 6.66. The number of hydrogen-bond donors (Lipinski definition) is 1. The molecule has 1 aromatic carbocycles. The van der Waals surface area contributed by atoms with Crippen LogP contribution in [0.4, 0.5) is 5.69 Å². The highest BCUT2D eigenvalue weighted by molar-refractivity contribution is 6.12. The average Bonchev–Trinajstić information content (AvgIpc) is 3.28. The molecule has 2 amide bonds. The monoisotopic (exact) mass is 484 g/mol. The Hall–Kier alpha value is -3.56. The maximum Gasteiger partial charge on any atom is 0.358 e. The van der Waals surface area contributed by atoms with Gasteiger partial charge < -0.3 is 19.5 Å². The molecule has 2 heterocycles. The minimum atomic E-state index is -1.32. The zero-order valence-electron chi connectivity index (χ0n) is 20.6. The van der Waals surface area contributed by atoms with E-state index in [-0.39, 0.29) is 36.5 Å². The molecule has 10 heteroatoms. The largest absolute Gasteiger partial charge is 0.497 e. The van der Waals surface area contributed by atoms with E-state index in [0.29, 0.717) is 17.2 Å². The number of rotatable bonds is 7. The summed E-state index contributed by atoms with van der Waals surface area (Å²) in [5.41, 5.74) is -0.664. The van der Waals surface area contributed by atoms with Crippen LogP contribution in [0.1, 0.15) is 66.9 Å². The molecule has 1 aliphatic carbocycles. The van der Waals surface area contributed by atoms with Gasteiger partial charge in [-0.3, -0.25) is 19.2 Å². The van der Waals surface area contributed by atoms with E-state index in [2.05, 4.69) is 10.4 Å². The summed E-state index contributed by atoms with van der Waals surface area (Å²) in [5, 5.41) is 7.46. The van der Waals surface area contributed by atoms with Crippen LogP contribution in [0.2, 0.25) is 0 Å². The van der Waals surface area contributed by atoms with E-state index in [1.165, 1.54) is 29.9 Å². The van der Waals surface area contributed by atoms with Gasteiger partial charge in [0.2, 0.25) is 5.91 Å². The number of hydrogen-bond acceptors (Lipinski definition) is 7. The lowest BCUT2D eigenvalue weighted by Crippen LogP contribution is -2.65. The second-order valence-corrected chi connectivity index (χ2v) is 9.09. The number of nitrogens with one attached hydrogen (secondary N) is 1. The summed E-state index contributed by atoms with van der Waals surface area (Å²) in [6.45, 7) is 3.66. The predicted octanol–water partition coefficient (Wildman–Crippen LogP) is 2.95. The lowest BCUT2D eigenvalue weighted by atomic mass is 9.91. The van der Waals surface area contributed by atoms with E-state index in [9.17, 15) is 14.4 Å². The summed E-state index contributed by atoms with van der Waals surface area (Å²) < 4.78 is 17.3. The molecule has 1 aliphatic heterocycles. The van der Waals surface area contributed by atoms with Crippen LogP contribution in [-0.2, 0) is 16.1 Å². The number of aromatic nitrogens is 2. The number of carbonyl (C=O) groups is 3. The number of anilines is 1. The van der Waals surface area contributed by atoms with Crippen molar-refractivity contribution in [1.29, 1.82) is 0 Å². The summed E-state index contributed by atoms with van der Waals surface area (Å²) >= 11 is 0. The summed E-state index contributed by atoms with van der Waals surface area (Å²) in [5.74, 6) is -0.401. The van der Waals surface area contributed by atoms with Crippen LogP contribution in [0.15, 0.2) is 24.3 Å². The average molecular weight is 485 g/mol. The van der Waals surface area contributed by atoms with Crippen molar-refractivity contribution in [3.63, 3.8) is 0 Å². The van der Waals surface area contributed by atoms with Crippen LogP contribution in [0.5, 0.6) is 11.5 Å². The van der Waals surface area contributed by atoms with Gasteiger partial charge in [-0.25, -0.2) is 4.79 Å². The van der Waals surface area contributed by atoms with E-state index in [1.54, 1.807) is 32.0 Å². The molecular weight excluding hydrogens is 452 g/mol. The Kier molecular flexibility index (Phi) is 7.00. The highest BCUT2D eigenvalue weighted by Crippen LogP contribution is 2.37. The van der Waals surface area contributed by atoms with Crippen molar-refractivity contribution in [2.75, 3.05) is 25.7 Å². The van der Waals surface area contributed by atoms with Crippen LogP contribution in [0, 0.1) is 0 Å². The van der Waals surface area contributed by atoms with E-state index >= 15 is 0 Å². The van der Waals surface area contributed by atoms with Crippen LogP contribution in [0.25, 0.3) is 0 Å². The summed E-state index contributed by atoms with van der Waals surface area (Å²) in [7, 11) is 3.04. The summed E-state index contributed by atoms with van der Waals surface area (Å²) in [6, 6.07) is 6.53. The number of carbonyl (C=O) groups excluding carboxylic acids is 3. The number of benzene rings is 1. The number of amides is 2. The summed E-state index contributed by atoms with van der Waals surface area (Å²) in [6.07, 6.45) is 5.09. The van der Waals surface area contributed by atoms with Gasteiger partial charge in [0.15, 0.2) is 5.69 Å². The Morgan fingerprint density at radius 3 is 2.34 bits per heavy atom. The smallest absolute Gasteiger partial charge is 0.358 e. The van der Waals surface area contributed by atoms with Gasteiger partial charge in [-0.2, -0.15) is 5.10 Å². The van der Waals surface area contributed by atoms with Gasteiger partial charge >= 0.3 is 5.97 Å². The van der Waals surface area contributed by atoms with Crippen LogP contribution in [-0.4, -0.2) is 60.0 Å². The molecule has 2 aliphatic rings. The maximum absolute atomic E-state index is 13.9. The van der Waals surface area contributed by atoms with Crippen molar-refractivity contribution in [3.05, 3.63) is 35.7 Å². The lowest BCUT2D eigenvalue weighted by molar-refractivity contribution is -0.127. The Balaban J connectivity index is 1.79. The molecule has 0 saturated heterocycles. The van der Waals surface area contributed by atoms with Crippen LogP contribution >= 0.6 is 0 Å². The Bertz CT molecular complexity index is 1100. The molecule has 1 atom stereocenters. The minimum Gasteiger partial charge on any atom is -0.497 e. The SMILES string of the molecule is CCOC(=O)c1cc2n(n1)CC(C)(C(=O)NC1CCCCC1)N(c1cc(OC)cc(OC)c1)C2=O. The molecule has 1 fully saturated rings. The van der Waals surface area contributed by atoms with Gasteiger partial charge in [0, 0.05) is 30.3 Å². The Morgan fingerprint density at radius 2 is 1.74 bits per heavy atom. The molecular formula is C25H32N4O6. The number of ether oxygens (including phenoxy) is 3. The molecule has 10 nitrogen and oxygen atoms in total. The molecule has 1 unspecified atom stereocenters. The molecule has 188 valence electrons. The van der Waals surface area contributed by atoms with E-state index in [0.717, 1.165) is 32.1 Å². The number of nitrogens with zero attached hydrogens (tertiary/aromatic N) is 3. The first-order chi connectivity index (χ1) is 16.8. The fourth-order valence-corrected chi connectivity index (χ4v) is 4.80. The highest BCUT2D eigenvalue weighted by Gasteiger charge is 2.49.